The number of carbonyl (C=O) groups is 1. The molecule has 1 amide bonds. The fraction of sp³-hybridized carbons (Fsp3) is 0.462. The summed E-state index contributed by atoms with van der Waals surface area (Å²) < 4.78 is 26.0. The number of nitrogens with two attached hydrogens (primary N) is 1. The van der Waals surface area contributed by atoms with Crippen LogP contribution in [0, 0.1) is 5.92 Å². The Bertz CT molecular complexity index is 484. The molecule has 0 aromatic heterocycles. The first-order valence-corrected chi connectivity index (χ1v) is 6.49. The molecule has 19 heavy (non-hydrogen) atoms. The van der Waals surface area contributed by atoms with Crippen LogP contribution in [-0.4, -0.2) is 11.8 Å². The lowest BCUT2D eigenvalue weighted by atomic mass is 9.86. The molecule has 0 radical (unpaired) electrons. The number of rotatable bonds is 2. The van der Waals surface area contributed by atoms with Crippen molar-refractivity contribution in [1.82, 2.24) is 0 Å². The fourth-order valence-corrected chi connectivity index (χ4v) is 2.35. The van der Waals surface area contributed by atoms with Gasteiger partial charge in [0.25, 0.3) is 0 Å². The van der Waals surface area contributed by atoms with Gasteiger partial charge in [0, 0.05) is 23.8 Å². The van der Waals surface area contributed by atoms with E-state index in [1.807, 2.05) is 0 Å². The Labute approximate surface area is 115 Å². The van der Waals surface area contributed by atoms with Crippen molar-refractivity contribution < 1.29 is 13.6 Å². The lowest BCUT2D eigenvalue weighted by molar-refractivity contribution is -0.124. The van der Waals surface area contributed by atoms with Crippen LogP contribution in [-0.2, 0) is 4.79 Å². The Morgan fingerprint density at radius 1 is 1.37 bits per heavy atom. The van der Waals surface area contributed by atoms with E-state index >= 15 is 0 Å². The highest BCUT2D eigenvalue weighted by Gasteiger charge is 2.37. The summed E-state index contributed by atoms with van der Waals surface area (Å²) >= 11 is 5.82. The van der Waals surface area contributed by atoms with Gasteiger partial charge in [0.2, 0.25) is 11.8 Å². The van der Waals surface area contributed by atoms with E-state index in [1.54, 1.807) is 18.2 Å². The molecule has 3 nitrogen and oxygen atoms in total. The molecule has 1 saturated carbocycles. The maximum Gasteiger partial charge on any atom is 0.248 e. The van der Waals surface area contributed by atoms with Crippen LogP contribution in [0.5, 0.6) is 0 Å². The minimum Gasteiger partial charge on any atom is -0.397 e. The second kappa shape index (κ2) is 5.33. The number of benzene rings is 1. The first kappa shape index (κ1) is 14.1. The summed E-state index contributed by atoms with van der Waals surface area (Å²) in [6.07, 6.45) is -0.0924. The average Bonchev–Trinajstić information content (AvgIpc) is 2.33. The number of hydrogen-bond acceptors (Lipinski definition) is 2. The fourth-order valence-electron chi connectivity index (χ4n) is 2.17. The quantitative estimate of drug-likeness (QED) is 0.816. The topological polar surface area (TPSA) is 55.1 Å². The molecule has 0 saturated heterocycles. The molecule has 1 aliphatic rings. The van der Waals surface area contributed by atoms with Crippen LogP contribution < -0.4 is 11.1 Å². The third kappa shape index (κ3) is 3.56. The SMILES string of the molecule is Nc1ccc(Cl)cc1NC(=O)C1CCC(F)(F)CC1. The number of nitrogens with one attached hydrogen (secondary N) is 1. The van der Waals surface area contributed by atoms with Gasteiger partial charge in [0.1, 0.15) is 0 Å². The zero-order chi connectivity index (χ0) is 14.0. The molecule has 1 aromatic rings. The molecule has 2 rings (SSSR count). The lowest BCUT2D eigenvalue weighted by Gasteiger charge is -2.27. The van der Waals surface area contributed by atoms with Crippen molar-refractivity contribution in [1.29, 1.82) is 0 Å². The summed E-state index contributed by atoms with van der Waals surface area (Å²) in [6.45, 7) is 0. The Balaban J connectivity index is 2.00. The van der Waals surface area contributed by atoms with Crippen LogP contribution in [0.4, 0.5) is 20.2 Å². The highest BCUT2D eigenvalue weighted by Crippen LogP contribution is 2.36. The molecule has 3 N–H and O–H groups in total. The normalized spacial score (nSPS) is 19.1. The predicted octanol–water partition coefficient (Wildman–Crippen LogP) is 3.69. The van der Waals surface area contributed by atoms with E-state index in [-0.39, 0.29) is 31.6 Å². The molecule has 1 aromatic carbocycles. The molecule has 1 aliphatic carbocycles. The van der Waals surface area contributed by atoms with Gasteiger partial charge in [-0.3, -0.25) is 4.79 Å². The first-order chi connectivity index (χ1) is 8.87. The Morgan fingerprint density at radius 2 is 2.00 bits per heavy atom. The summed E-state index contributed by atoms with van der Waals surface area (Å²) in [7, 11) is 0. The maximum absolute atomic E-state index is 13.0. The Hall–Kier alpha value is -1.36. The third-order valence-corrected chi connectivity index (χ3v) is 3.60. The van der Waals surface area contributed by atoms with Gasteiger partial charge >= 0.3 is 0 Å². The van der Waals surface area contributed by atoms with Crippen LogP contribution >= 0.6 is 11.6 Å². The third-order valence-electron chi connectivity index (χ3n) is 3.36. The van der Waals surface area contributed by atoms with Crippen LogP contribution in [0.1, 0.15) is 25.7 Å². The highest BCUT2D eigenvalue weighted by atomic mass is 35.5. The summed E-state index contributed by atoms with van der Waals surface area (Å²) in [5.74, 6) is -3.30. The average molecular weight is 289 g/mol. The summed E-state index contributed by atoms with van der Waals surface area (Å²) in [4.78, 5) is 12.0. The highest BCUT2D eigenvalue weighted by molar-refractivity contribution is 6.31. The lowest BCUT2D eigenvalue weighted by Crippen LogP contribution is -2.32. The van der Waals surface area contributed by atoms with Crippen molar-refractivity contribution >= 4 is 28.9 Å². The molecule has 0 spiro atoms. The molecular weight excluding hydrogens is 274 g/mol. The van der Waals surface area contributed by atoms with E-state index in [0.717, 1.165) is 0 Å². The summed E-state index contributed by atoms with van der Waals surface area (Å²) in [5.41, 5.74) is 6.54. The van der Waals surface area contributed by atoms with E-state index in [0.29, 0.717) is 16.4 Å². The first-order valence-electron chi connectivity index (χ1n) is 6.11. The van der Waals surface area contributed by atoms with Crippen molar-refractivity contribution in [2.45, 2.75) is 31.6 Å². The largest absolute Gasteiger partial charge is 0.397 e. The van der Waals surface area contributed by atoms with E-state index in [9.17, 15) is 13.6 Å². The molecule has 1 fully saturated rings. The van der Waals surface area contributed by atoms with E-state index in [4.69, 9.17) is 17.3 Å². The monoisotopic (exact) mass is 288 g/mol. The van der Waals surface area contributed by atoms with Crippen LogP contribution in [0.2, 0.25) is 5.02 Å². The second-order valence-corrected chi connectivity index (χ2v) is 5.29. The van der Waals surface area contributed by atoms with Gasteiger partial charge in [-0.05, 0) is 31.0 Å². The molecule has 0 aliphatic heterocycles. The smallest absolute Gasteiger partial charge is 0.248 e. The second-order valence-electron chi connectivity index (χ2n) is 4.85. The van der Waals surface area contributed by atoms with Crippen molar-refractivity contribution in [2.24, 2.45) is 5.92 Å². The van der Waals surface area contributed by atoms with Crippen molar-refractivity contribution in [3.05, 3.63) is 23.2 Å². The van der Waals surface area contributed by atoms with Gasteiger partial charge in [0.05, 0.1) is 11.4 Å². The molecule has 0 bridgehead atoms. The van der Waals surface area contributed by atoms with Gasteiger partial charge in [-0.1, -0.05) is 11.6 Å². The van der Waals surface area contributed by atoms with Crippen molar-refractivity contribution in [3.8, 4) is 0 Å². The standard InChI is InChI=1S/C13H15ClF2N2O/c14-9-1-2-10(17)11(7-9)18-12(19)8-3-5-13(15,16)6-4-8/h1-2,7-8H,3-6,17H2,(H,18,19). The number of hydrogen-bond donors (Lipinski definition) is 2. The van der Waals surface area contributed by atoms with Crippen molar-refractivity contribution in [3.63, 3.8) is 0 Å². The van der Waals surface area contributed by atoms with Crippen LogP contribution in [0.15, 0.2) is 18.2 Å². The predicted molar refractivity (Wildman–Crippen MR) is 71.4 cm³/mol. The molecule has 0 heterocycles. The molecule has 6 heteroatoms. The number of nitrogen functional groups attached to an aromatic ring is 1. The number of halogens is 3. The van der Waals surface area contributed by atoms with E-state index in [2.05, 4.69) is 5.32 Å². The number of amides is 1. The minimum atomic E-state index is -2.63. The van der Waals surface area contributed by atoms with E-state index < -0.39 is 11.8 Å². The molecule has 0 unspecified atom stereocenters. The zero-order valence-corrected chi connectivity index (χ0v) is 11.0. The molecule has 0 atom stereocenters. The number of anilines is 2. The molecular formula is C13H15ClF2N2O. The van der Waals surface area contributed by atoms with Crippen LogP contribution in [0.25, 0.3) is 0 Å². The van der Waals surface area contributed by atoms with Gasteiger partial charge < -0.3 is 11.1 Å². The maximum atomic E-state index is 13.0. The van der Waals surface area contributed by atoms with E-state index in [1.165, 1.54) is 0 Å². The van der Waals surface area contributed by atoms with Crippen LogP contribution in [0.3, 0.4) is 0 Å². The summed E-state index contributed by atoms with van der Waals surface area (Å²) in [6, 6.07) is 4.76. The van der Waals surface area contributed by atoms with Gasteiger partial charge in [-0.25, -0.2) is 8.78 Å². The van der Waals surface area contributed by atoms with Crippen molar-refractivity contribution in [2.75, 3.05) is 11.1 Å². The number of alkyl halides is 2. The number of carbonyl (C=O) groups excluding carboxylic acids is 1. The Kier molecular flexibility index (Phi) is 3.94. The summed E-state index contributed by atoms with van der Waals surface area (Å²) in [5, 5.41) is 3.11. The van der Waals surface area contributed by atoms with Gasteiger partial charge in [-0.15, -0.1) is 0 Å². The zero-order valence-electron chi connectivity index (χ0n) is 10.3. The minimum absolute atomic E-state index is 0.194. The Morgan fingerprint density at radius 3 is 2.63 bits per heavy atom. The molecule has 104 valence electrons. The van der Waals surface area contributed by atoms with Gasteiger partial charge in [-0.2, -0.15) is 0 Å². The van der Waals surface area contributed by atoms with Gasteiger partial charge in [0.15, 0.2) is 0 Å².